The van der Waals surface area contributed by atoms with E-state index in [1.165, 1.54) is 22.5 Å². The Morgan fingerprint density at radius 3 is 2.65 bits per heavy atom. The number of nitrogens with one attached hydrogen (secondary N) is 2. The van der Waals surface area contributed by atoms with Crippen LogP contribution in [0.25, 0.3) is 0 Å². The molecule has 0 atom stereocenters. The van der Waals surface area contributed by atoms with Crippen LogP contribution in [0.1, 0.15) is 30.7 Å². The quantitative estimate of drug-likeness (QED) is 0.640. The predicted octanol–water partition coefficient (Wildman–Crippen LogP) is 3.64. The molecule has 0 aliphatic rings. The second-order valence-electron chi connectivity index (χ2n) is 6.35. The fourth-order valence-electron chi connectivity index (χ4n) is 2.06. The van der Waals surface area contributed by atoms with Gasteiger partial charge in [-0.3, -0.25) is 9.59 Å². The zero-order valence-corrected chi connectivity index (χ0v) is 17.0. The van der Waals surface area contributed by atoms with E-state index in [1.54, 1.807) is 11.8 Å². The molecule has 0 saturated heterocycles. The fourth-order valence-corrected chi connectivity index (χ4v) is 3.59. The molecule has 7 heteroatoms. The van der Waals surface area contributed by atoms with Crippen LogP contribution in [0.4, 0.5) is 5.13 Å². The highest BCUT2D eigenvalue weighted by molar-refractivity contribution is 7.98. The van der Waals surface area contributed by atoms with E-state index < -0.39 is 0 Å². The first-order valence-electron chi connectivity index (χ1n) is 8.59. The van der Waals surface area contributed by atoms with Crippen molar-refractivity contribution >= 4 is 40.0 Å². The van der Waals surface area contributed by atoms with Gasteiger partial charge in [0.05, 0.1) is 12.1 Å². The molecule has 2 aromatic rings. The van der Waals surface area contributed by atoms with Gasteiger partial charge in [-0.1, -0.05) is 43.7 Å². The topological polar surface area (TPSA) is 71.1 Å². The maximum absolute atomic E-state index is 12.0. The van der Waals surface area contributed by atoms with Crippen molar-refractivity contribution in [2.24, 2.45) is 5.92 Å². The second kappa shape index (κ2) is 10.3. The van der Waals surface area contributed by atoms with Crippen molar-refractivity contribution in [3.8, 4) is 0 Å². The van der Waals surface area contributed by atoms with Crippen molar-refractivity contribution in [1.29, 1.82) is 0 Å². The minimum Gasteiger partial charge on any atom is -0.355 e. The Morgan fingerprint density at radius 1 is 1.23 bits per heavy atom. The number of rotatable bonds is 9. The van der Waals surface area contributed by atoms with Gasteiger partial charge >= 0.3 is 0 Å². The number of benzene rings is 1. The van der Waals surface area contributed by atoms with Gasteiger partial charge in [0.25, 0.3) is 0 Å². The van der Waals surface area contributed by atoms with E-state index >= 15 is 0 Å². The van der Waals surface area contributed by atoms with Crippen LogP contribution >= 0.6 is 23.1 Å². The van der Waals surface area contributed by atoms with Gasteiger partial charge in [0.2, 0.25) is 11.8 Å². The van der Waals surface area contributed by atoms with E-state index in [1.807, 2.05) is 19.2 Å². The van der Waals surface area contributed by atoms with Gasteiger partial charge in [-0.25, -0.2) is 4.98 Å². The highest BCUT2D eigenvalue weighted by atomic mass is 32.2. The molecule has 0 bridgehead atoms. The largest absolute Gasteiger partial charge is 0.355 e. The average Bonchev–Trinajstić information content (AvgIpc) is 3.03. The molecule has 26 heavy (non-hydrogen) atoms. The first kappa shape index (κ1) is 20.5. The first-order chi connectivity index (χ1) is 12.4. The number of hydrogen-bond acceptors (Lipinski definition) is 5. The Kier molecular flexibility index (Phi) is 8.12. The molecular weight excluding hydrogens is 366 g/mol. The smallest absolute Gasteiger partial charge is 0.228 e. The number of amides is 2. The van der Waals surface area contributed by atoms with Gasteiger partial charge in [0.15, 0.2) is 5.13 Å². The maximum atomic E-state index is 12.0. The Labute approximate surface area is 163 Å². The first-order valence-corrected chi connectivity index (χ1v) is 10.6. The molecule has 1 aromatic carbocycles. The van der Waals surface area contributed by atoms with Gasteiger partial charge in [-0.15, -0.1) is 11.3 Å². The molecule has 5 nitrogen and oxygen atoms in total. The summed E-state index contributed by atoms with van der Waals surface area (Å²) in [7, 11) is 0. The van der Waals surface area contributed by atoms with Crippen LogP contribution in [0, 0.1) is 12.8 Å². The fraction of sp³-hybridized carbons (Fsp3) is 0.421. The van der Waals surface area contributed by atoms with Crippen LogP contribution in [0.2, 0.25) is 0 Å². The van der Waals surface area contributed by atoms with E-state index in [0.717, 1.165) is 11.5 Å². The molecule has 2 amide bonds. The SMILES string of the molecule is Cc1ccc(CSCCNC(=O)Cc2csc(NC(=O)C(C)C)n2)cc1. The summed E-state index contributed by atoms with van der Waals surface area (Å²) in [5.74, 6) is 1.60. The van der Waals surface area contributed by atoms with E-state index in [9.17, 15) is 9.59 Å². The molecule has 0 unspecified atom stereocenters. The molecule has 0 aliphatic heterocycles. The zero-order valence-electron chi connectivity index (χ0n) is 15.4. The van der Waals surface area contributed by atoms with Crippen molar-refractivity contribution in [2.75, 3.05) is 17.6 Å². The minimum atomic E-state index is -0.0944. The summed E-state index contributed by atoms with van der Waals surface area (Å²) in [4.78, 5) is 27.9. The average molecular weight is 392 g/mol. The van der Waals surface area contributed by atoms with E-state index in [2.05, 4.69) is 46.8 Å². The van der Waals surface area contributed by atoms with Crippen molar-refractivity contribution in [3.63, 3.8) is 0 Å². The molecule has 0 fully saturated rings. The number of thioether (sulfide) groups is 1. The van der Waals surface area contributed by atoms with E-state index in [4.69, 9.17) is 0 Å². The van der Waals surface area contributed by atoms with Gasteiger partial charge in [0, 0.05) is 29.3 Å². The number of carbonyl (C=O) groups is 2. The van der Waals surface area contributed by atoms with Gasteiger partial charge in [-0.2, -0.15) is 11.8 Å². The summed E-state index contributed by atoms with van der Waals surface area (Å²) < 4.78 is 0. The summed E-state index contributed by atoms with van der Waals surface area (Å²) in [6, 6.07) is 8.50. The number of thiazole rings is 1. The molecule has 0 saturated carbocycles. The Bertz CT molecular complexity index is 727. The lowest BCUT2D eigenvalue weighted by Crippen LogP contribution is -2.27. The minimum absolute atomic E-state index is 0.0482. The second-order valence-corrected chi connectivity index (χ2v) is 8.32. The molecule has 0 spiro atoms. The van der Waals surface area contributed by atoms with Gasteiger partial charge in [-0.05, 0) is 12.5 Å². The number of nitrogens with zero attached hydrogens (tertiary/aromatic N) is 1. The van der Waals surface area contributed by atoms with Crippen LogP contribution in [-0.2, 0) is 21.8 Å². The summed E-state index contributed by atoms with van der Waals surface area (Å²) >= 11 is 3.14. The van der Waals surface area contributed by atoms with Gasteiger partial charge < -0.3 is 10.6 Å². The number of carbonyl (C=O) groups excluding carboxylic acids is 2. The third-order valence-electron chi connectivity index (χ3n) is 3.61. The highest BCUT2D eigenvalue weighted by Crippen LogP contribution is 2.17. The third-order valence-corrected chi connectivity index (χ3v) is 5.44. The number of aryl methyl sites for hydroxylation is 1. The lowest BCUT2D eigenvalue weighted by Gasteiger charge is -2.05. The number of aromatic nitrogens is 1. The van der Waals surface area contributed by atoms with Crippen LogP contribution in [-0.4, -0.2) is 29.1 Å². The molecular formula is C19H25N3O2S2. The monoisotopic (exact) mass is 391 g/mol. The molecule has 1 heterocycles. The number of anilines is 1. The molecule has 2 N–H and O–H groups in total. The highest BCUT2D eigenvalue weighted by Gasteiger charge is 2.11. The Balaban J connectivity index is 1.63. The third kappa shape index (κ3) is 7.17. The van der Waals surface area contributed by atoms with Gasteiger partial charge in [0.1, 0.15) is 0 Å². The maximum Gasteiger partial charge on any atom is 0.228 e. The van der Waals surface area contributed by atoms with Crippen molar-refractivity contribution in [3.05, 3.63) is 46.5 Å². The molecule has 2 rings (SSSR count). The van der Waals surface area contributed by atoms with Crippen molar-refractivity contribution < 1.29 is 9.59 Å². The van der Waals surface area contributed by atoms with Crippen LogP contribution in [0.3, 0.4) is 0 Å². The Hall–Kier alpha value is -1.86. The molecule has 140 valence electrons. The zero-order chi connectivity index (χ0) is 18.9. The molecule has 1 aromatic heterocycles. The number of hydrogen-bond donors (Lipinski definition) is 2. The molecule has 0 aliphatic carbocycles. The summed E-state index contributed by atoms with van der Waals surface area (Å²) in [6.07, 6.45) is 0.233. The summed E-state index contributed by atoms with van der Waals surface area (Å²) in [5, 5.41) is 8.01. The normalized spacial score (nSPS) is 10.8. The van der Waals surface area contributed by atoms with Crippen LogP contribution in [0.5, 0.6) is 0 Å². The lowest BCUT2D eigenvalue weighted by atomic mass is 10.2. The van der Waals surface area contributed by atoms with E-state index in [0.29, 0.717) is 17.4 Å². The predicted molar refractivity (Wildman–Crippen MR) is 110 cm³/mol. The van der Waals surface area contributed by atoms with Crippen molar-refractivity contribution in [1.82, 2.24) is 10.3 Å². The standard InChI is InChI=1S/C19H25N3O2S2/c1-13(2)18(24)22-19-21-16(12-26-19)10-17(23)20-8-9-25-11-15-6-4-14(3)5-7-15/h4-7,12-13H,8-11H2,1-3H3,(H,20,23)(H,21,22,24). The lowest BCUT2D eigenvalue weighted by molar-refractivity contribution is -0.120. The van der Waals surface area contributed by atoms with Crippen molar-refractivity contribution in [2.45, 2.75) is 32.9 Å². The van der Waals surface area contributed by atoms with Crippen LogP contribution in [0.15, 0.2) is 29.6 Å². The summed E-state index contributed by atoms with van der Waals surface area (Å²) in [6.45, 7) is 6.37. The van der Waals surface area contributed by atoms with E-state index in [-0.39, 0.29) is 24.2 Å². The van der Waals surface area contributed by atoms with Crippen LogP contribution < -0.4 is 10.6 Å². The molecule has 0 radical (unpaired) electrons. The Morgan fingerprint density at radius 2 is 1.96 bits per heavy atom. The summed E-state index contributed by atoms with van der Waals surface area (Å²) in [5.41, 5.74) is 3.24.